The lowest BCUT2D eigenvalue weighted by molar-refractivity contribution is -0.129. The molecule has 0 bridgehead atoms. The zero-order chi connectivity index (χ0) is 11.7. The van der Waals surface area contributed by atoms with Gasteiger partial charge in [0.15, 0.2) is 0 Å². The van der Waals surface area contributed by atoms with Crippen LogP contribution in [0, 0.1) is 0 Å². The topological polar surface area (TPSA) is 37.4 Å². The van der Waals surface area contributed by atoms with Crippen LogP contribution in [-0.4, -0.2) is 11.8 Å². The van der Waals surface area contributed by atoms with E-state index >= 15 is 0 Å². The largest absolute Gasteiger partial charge is 0.274 e. The van der Waals surface area contributed by atoms with E-state index in [1.54, 1.807) is 18.2 Å². The second-order valence-electron chi connectivity index (χ2n) is 3.55. The molecule has 1 heterocycles. The standard InChI is InChI=1S/C11H9BrClNO2/c12-11-7(13)3-1-4-8(11)14-9(15)5-2-6-10(14)16/h1,3-4H,2,5-6H2. The molecule has 84 valence electrons. The number of carbonyl (C=O) groups excluding carboxylic acids is 2. The molecule has 0 saturated carbocycles. The monoisotopic (exact) mass is 301 g/mol. The van der Waals surface area contributed by atoms with Crippen LogP contribution in [0.3, 0.4) is 0 Å². The molecule has 1 aliphatic rings. The third-order valence-electron chi connectivity index (χ3n) is 2.45. The Morgan fingerprint density at radius 1 is 1.19 bits per heavy atom. The third kappa shape index (κ3) is 1.99. The summed E-state index contributed by atoms with van der Waals surface area (Å²) in [5.41, 5.74) is 0.530. The van der Waals surface area contributed by atoms with Crippen molar-refractivity contribution in [2.45, 2.75) is 19.3 Å². The van der Waals surface area contributed by atoms with Crippen molar-refractivity contribution in [1.82, 2.24) is 0 Å². The van der Waals surface area contributed by atoms with Crippen LogP contribution in [0.15, 0.2) is 22.7 Å². The van der Waals surface area contributed by atoms with Gasteiger partial charge in [-0.15, -0.1) is 0 Å². The molecular formula is C11H9BrClNO2. The molecule has 2 rings (SSSR count). The first-order valence-corrected chi connectivity index (χ1v) is 6.08. The van der Waals surface area contributed by atoms with Crippen LogP contribution in [-0.2, 0) is 9.59 Å². The number of piperidine rings is 1. The molecule has 5 heteroatoms. The van der Waals surface area contributed by atoms with Gasteiger partial charge in [-0.05, 0) is 34.5 Å². The number of hydrogen-bond donors (Lipinski definition) is 0. The van der Waals surface area contributed by atoms with E-state index in [0.29, 0.717) is 34.4 Å². The molecule has 0 aromatic heterocycles. The van der Waals surface area contributed by atoms with E-state index in [0.717, 1.165) is 0 Å². The van der Waals surface area contributed by atoms with Crippen LogP contribution in [0.4, 0.5) is 5.69 Å². The van der Waals surface area contributed by atoms with Gasteiger partial charge in [0.2, 0.25) is 11.8 Å². The normalized spacial score (nSPS) is 16.8. The Kier molecular flexibility index (Phi) is 3.30. The summed E-state index contributed by atoms with van der Waals surface area (Å²) in [7, 11) is 0. The number of amides is 2. The highest BCUT2D eigenvalue weighted by atomic mass is 79.9. The highest BCUT2D eigenvalue weighted by Gasteiger charge is 2.29. The van der Waals surface area contributed by atoms with Crippen molar-refractivity contribution in [3.8, 4) is 0 Å². The molecule has 0 atom stereocenters. The first-order chi connectivity index (χ1) is 7.61. The summed E-state index contributed by atoms with van der Waals surface area (Å²) >= 11 is 9.22. The van der Waals surface area contributed by atoms with Gasteiger partial charge in [0.05, 0.1) is 15.2 Å². The Bertz CT molecular complexity index is 445. The van der Waals surface area contributed by atoms with Crippen molar-refractivity contribution in [3.05, 3.63) is 27.7 Å². The molecular weight excluding hydrogens is 293 g/mol. The number of carbonyl (C=O) groups is 2. The van der Waals surface area contributed by atoms with Gasteiger partial charge in [0.25, 0.3) is 0 Å². The molecule has 1 fully saturated rings. The molecule has 1 aliphatic heterocycles. The SMILES string of the molecule is O=C1CCCC(=O)N1c1cccc(Cl)c1Br. The van der Waals surface area contributed by atoms with E-state index < -0.39 is 0 Å². The summed E-state index contributed by atoms with van der Waals surface area (Å²) in [5, 5.41) is 0.490. The Hall–Kier alpha value is -0.870. The van der Waals surface area contributed by atoms with Crippen molar-refractivity contribution in [3.63, 3.8) is 0 Å². The van der Waals surface area contributed by atoms with Crippen LogP contribution in [0.25, 0.3) is 0 Å². The molecule has 0 spiro atoms. The first-order valence-electron chi connectivity index (χ1n) is 4.91. The molecule has 2 amide bonds. The van der Waals surface area contributed by atoms with Crippen molar-refractivity contribution in [1.29, 1.82) is 0 Å². The smallest absolute Gasteiger partial charge is 0.233 e. The van der Waals surface area contributed by atoms with Gasteiger partial charge in [-0.1, -0.05) is 17.7 Å². The molecule has 3 nitrogen and oxygen atoms in total. The quantitative estimate of drug-likeness (QED) is 0.747. The molecule has 0 unspecified atom stereocenters. The number of rotatable bonds is 1. The first kappa shape index (κ1) is 11.6. The lowest BCUT2D eigenvalue weighted by Gasteiger charge is -2.25. The summed E-state index contributed by atoms with van der Waals surface area (Å²) < 4.78 is 0.584. The van der Waals surface area contributed by atoms with Gasteiger partial charge >= 0.3 is 0 Å². The predicted molar refractivity (Wildman–Crippen MR) is 65.5 cm³/mol. The van der Waals surface area contributed by atoms with E-state index in [-0.39, 0.29) is 11.8 Å². The number of anilines is 1. The molecule has 0 radical (unpaired) electrons. The summed E-state index contributed by atoms with van der Waals surface area (Å²) in [5.74, 6) is -0.335. The predicted octanol–water partition coefficient (Wildman–Crippen LogP) is 3.15. The van der Waals surface area contributed by atoms with Crippen LogP contribution < -0.4 is 4.90 Å². The summed E-state index contributed by atoms with van der Waals surface area (Å²) in [6.07, 6.45) is 1.45. The maximum Gasteiger partial charge on any atom is 0.233 e. The average Bonchev–Trinajstić information content (AvgIpc) is 2.24. The number of nitrogens with zero attached hydrogens (tertiary/aromatic N) is 1. The minimum Gasteiger partial charge on any atom is -0.274 e. The average molecular weight is 303 g/mol. The lowest BCUT2D eigenvalue weighted by atomic mass is 10.1. The van der Waals surface area contributed by atoms with Gasteiger partial charge in [-0.3, -0.25) is 9.59 Å². The molecule has 1 aromatic carbocycles. The third-order valence-corrected chi connectivity index (χ3v) is 3.83. The Balaban J connectivity index is 2.46. The van der Waals surface area contributed by atoms with E-state index in [2.05, 4.69) is 15.9 Å². The van der Waals surface area contributed by atoms with Crippen molar-refractivity contribution < 1.29 is 9.59 Å². The maximum absolute atomic E-state index is 11.7. The fourth-order valence-electron chi connectivity index (χ4n) is 1.69. The van der Waals surface area contributed by atoms with Gasteiger partial charge in [0, 0.05) is 12.8 Å². The fourth-order valence-corrected chi connectivity index (χ4v) is 2.30. The summed E-state index contributed by atoms with van der Waals surface area (Å²) in [6.45, 7) is 0. The zero-order valence-corrected chi connectivity index (χ0v) is 10.7. The summed E-state index contributed by atoms with van der Waals surface area (Å²) in [6, 6.07) is 5.13. The van der Waals surface area contributed by atoms with Crippen LogP contribution in [0.5, 0.6) is 0 Å². The van der Waals surface area contributed by atoms with E-state index in [1.807, 2.05) is 0 Å². The van der Waals surface area contributed by atoms with E-state index in [9.17, 15) is 9.59 Å². The maximum atomic E-state index is 11.7. The Labute approximate surface area is 107 Å². The number of hydrogen-bond acceptors (Lipinski definition) is 2. The van der Waals surface area contributed by atoms with Crippen LogP contribution in [0.2, 0.25) is 5.02 Å². The molecule has 1 aromatic rings. The van der Waals surface area contributed by atoms with Crippen molar-refractivity contribution in [2.75, 3.05) is 4.90 Å². The number of imide groups is 1. The zero-order valence-electron chi connectivity index (χ0n) is 8.37. The Morgan fingerprint density at radius 3 is 2.44 bits per heavy atom. The minimum atomic E-state index is -0.167. The second kappa shape index (κ2) is 4.55. The number of halogens is 2. The molecule has 0 aliphatic carbocycles. The van der Waals surface area contributed by atoms with Crippen LogP contribution in [0.1, 0.15) is 19.3 Å². The molecule has 1 saturated heterocycles. The van der Waals surface area contributed by atoms with Crippen LogP contribution >= 0.6 is 27.5 Å². The van der Waals surface area contributed by atoms with Crippen molar-refractivity contribution >= 4 is 45.0 Å². The van der Waals surface area contributed by atoms with E-state index in [4.69, 9.17) is 11.6 Å². The van der Waals surface area contributed by atoms with Gasteiger partial charge < -0.3 is 0 Å². The lowest BCUT2D eigenvalue weighted by Crippen LogP contribution is -2.40. The highest BCUT2D eigenvalue weighted by Crippen LogP contribution is 2.34. The van der Waals surface area contributed by atoms with Gasteiger partial charge in [-0.2, -0.15) is 0 Å². The fraction of sp³-hybridized carbons (Fsp3) is 0.273. The second-order valence-corrected chi connectivity index (χ2v) is 4.75. The molecule has 16 heavy (non-hydrogen) atoms. The Morgan fingerprint density at radius 2 is 1.81 bits per heavy atom. The molecule has 0 N–H and O–H groups in total. The van der Waals surface area contributed by atoms with Gasteiger partial charge in [0.1, 0.15) is 0 Å². The number of benzene rings is 1. The van der Waals surface area contributed by atoms with E-state index in [1.165, 1.54) is 4.90 Å². The minimum absolute atomic E-state index is 0.167. The summed E-state index contributed by atoms with van der Waals surface area (Å²) in [4.78, 5) is 24.6. The van der Waals surface area contributed by atoms with Gasteiger partial charge in [-0.25, -0.2) is 4.90 Å². The highest BCUT2D eigenvalue weighted by molar-refractivity contribution is 9.10. The van der Waals surface area contributed by atoms with Crippen molar-refractivity contribution in [2.24, 2.45) is 0 Å².